The predicted octanol–water partition coefficient (Wildman–Crippen LogP) is 2.62. The number of nitrogens with one attached hydrogen (secondary N) is 2. The van der Waals surface area contributed by atoms with Crippen LogP contribution in [-0.4, -0.2) is 66.8 Å². The molecule has 0 aliphatic heterocycles. The maximum atomic E-state index is 12.4. The molecule has 0 bridgehead atoms. The Hall–Kier alpha value is -1.89. The number of benzene rings is 2. The van der Waals surface area contributed by atoms with Crippen LogP contribution in [0.1, 0.15) is 11.1 Å². The Morgan fingerprint density at radius 2 is 1.88 bits per heavy atom. The van der Waals surface area contributed by atoms with Gasteiger partial charge in [-0.05, 0) is 36.2 Å². The highest BCUT2D eigenvalue weighted by Crippen LogP contribution is 2.16. The Labute approximate surface area is 208 Å². The number of sulfonamides is 1. The molecule has 0 fully saturated rings. The SMILES string of the molecule is CN=C(NCc1cccc(S(=O)(=O)NCCOC)c1)N(C)CCOc1ccccc1C.I. The highest BCUT2D eigenvalue weighted by atomic mass is 127. The lowest BCUT2D eigenvalue weighted by atomic mass is 10.2. The van der Waals surface area contributed by atoms with Crippen molar-refractivity contribution in [1.82, 2.24) is 14.9 Å². The number of likely N-dealkylation sites (N-methyl/N-ethyl adjacent to an activating group) is 1. The molecule has 0 amide bonds. The fourth-order valence-corrected chi connectivity index (χ4v) is 3.95. The Morgan fingerprint density at radius 1 is 1.12 bits per heavy atom. The first-order chi connectivity index (χ1) is 14.9. The summed E-state index contributed by atoms with van der Waals surface area (Å²) in [4.78, 5) is 6.48. The van der Waals surface area contributed by atoms with E-state index in [0.717, 1.165) is 16.9 Å². The average Bonchev–Trinajstić information content (AvgIpc) is 2.76. The van der Waals surface area contributed by atoms with Crippen molar-refractivity contribution < 1.29 is 17.9 Å². The Morgan fingerprint density at radius 3 is 2.56 bits per heavy atom. The summed E-state index contributed by atoms with van der Waals surface area (Å²) in [5.74, 6) is 1.57. The Bertz CT molecular complexity index is 970. The molecule has 2 aromatic rings. The van der Waals surface area contributed by atoms with Crippen molar-refractivity contribution in [2.75, 3.05) is 47.5 Å². The van der Waals surface area contributed by atoms with E-state index in [4.69, 9.17) is 9.47 Å². The number of hydrogen-bond acceptors (Lipinski definition) is 5. The molecular weight excluding hydrogens is 543 g/mol. The van der Waals surface area contributed by atoms with Gasteiger partial charge in [-0.1, -0.05) is 30.3 Å². The van der Waals surface area contributed by atoms with Gasteiger partial charge in [0, 0.05) is 34.3 Å². The largest absolute Gasteiger partial charge is 0.491 e. The Balaban J connectivity index is 0.00000512. The van der Waals surface area contributed by atoms with Crippen LogP contribution in [-0.2, 0) is 21.3 Å². The number of halogens is 1. The summed E-state index contributed by atoms with van der Waals surface area (Å²) in [5.41, 5.74) is 1.93. The summed E-state index contributed by atoms with van der Waals surface area (Å²) in [5, 5.41) is 3.26. The molecule has 0 radical (unpaired) electrons. The second-order valence-electron chi connectivity index (χ2n) is 6.97. The van der Waals surface area contributed by atoms with E-state index in [0.29, 0.717) is 32.3 Å². The molecule has 8 nitrogen and oxygen atoms in total. The van der Waals surface area contributed by atoms with Gasteiger partial charge >= 0.3 is 0 Å². The molecule has 0 saturated carbocycles. The van der Waals surface area contributed by atoms with Crippen LogP contribution in [0, 0.1) is 6.92 Å². The normalized spacial score (nSPS) is 11.6. The fraction of sp³-hybridized carbons (Fsp3) is 0.409. The number of para-hydroxylation sites is 1. The van der Waals surface area contributed by atoms with Crippen molar-refractivity contribution in [1.29, 1.82) is 0 Å². The Kier molecular flexibility index (Phi) is 12.6. The summed E-state index contributed by atoms with van der Waals surface area (Å²) < 4.78 is 38.0. The number of hydrogen-bond donors (Lipinski definition) is 2. The lowest BCUT2D eigenvalue weighted by Crippen LogP contribution is -2.40. The van der Waals surface area contributed by atoms with E-state index in [1.807, 2.05) is 49.2 Å². The average molecular weight is 577 g/mol. The van der Waals surface area contributed by atoms with Crippen LogP contribution in [0.2, 0.25) is 0 Å². The first-order valence-electron chi connectivity index (χ1n) is 10.0. The zero-order chi connectivity index (χ0) is 22.7. The van der Waals surface area contributed by atoms with Crippen LogP contribution in [0.4, 0.5) is 0 Å². The van der Waals surface area contributed by atoms with Crippen LogP contribution in [0.3, 0.4) is 0 Å². The van der Waals surface area contributed by atoms with Crippen molar-refractivity contribution >= 4 is 40.0 Å². The molecule has 0 heterocycles. The molecule has 0 saturated heterocycles. The molecule has 0 aliphatic carbocycles. The van der Waals surface area contributed by atoms with Gasteiger partial charge in [0.25, 0.3) is 0 Å². The first kappa shape index (κ1) is 28.1. The third-order valence-corrected chi connectivity index (χ3v) is 6.07. The van der Waals surface area contributed by atoms with Crippen molar-refractivity contribution in [3.63, 3.8) is 0 Å². The molecule has 0 aromatic heterocycles. The highest BCUT2D eigenvalue weighted by Gasteiger charge is 2.14. The lowest BCUT2D eigenvalue weighted by Gasteiger charge is -2.22. The molecule has 178 valence electrons. The summed E-state index contributed by atoms with van der Waals surface area (Å²) in [6, 6.07) is 14.7. The molecule has 2 aromatic carbocycles. The van der Waals surface area contributed by atoms with Gasteiger partial charge in [-0.2, -0.15) is 0 Å². The summed E-state index contributed by atoms with van der Waals surface area (Å²) in [7, 11) is 1.59. The maximum absolute atomic E-state index is 12.4. The molecule has 2 rings (SSSR count). The van der Waals surface area contributed by atoms with Gasteiger partial charge < -0.3 is 19.7 Å². The van der Waals surface area contributed by atoms with Gasteiger partial charge in [0.1, 0.15) is 12.4 Å². The van der Waals surface area contributed by atoms with Crippen molar-refractivity contribution in [2.24, 2.45) is 4.99 Å². The molecular formula is C22H33IN4O4S. The van der Waals surface area contributed by atoms with Gasteiger partial charge in [-0.15, -0.1) is 24.0 Å². The zero-order valence-electron chi connectivity index (χ0n) is 19.0. The van der Waals surface area contributed by atoms with Gasteiger partial charge in [0.2, 0.25) is 10.0 Å². The van der Waals surface area contributed by atoms with Crippen molar-refractivity contribution in [3.8, 4) is 5.75 Å². The van der Waals surface area contributed by atoms with Gasteiger partial charge in [0.15, 0.2) is 5.96 Å². The van der Waals surface area contributed by atoms with Crippen molar-refractivity contribution in [3.05, 3.63) is 59.7 Å². The molecule has 2 N–H and O–H groups in total. The smallest absolute Gasteiger partial charge is 0.240 e. The molecule has 0 unspecified atom stereocenters. The van der Waals surface area contributed by atoms with E-state index in [9.17, 15) is 8.42 Å². The number of aryl methyl sites for hydroxylation is 1. The second kappa shape index (κ2) is 14.3. The van der Waals surface area contributed by atoms with Gasteiger partial charge in [-0.3, -0.25) is 4.99 Å². The highest BCUT2D eigenvalue weighted by molar-refractivity contribution is 14.0. The quantitative estimate of drug-likeness (QED) is 0.185. The topological polar surface area (TPSA) is 92.3 Å². The number of methoxy groups -OCH3 is 1. The maximum Gasteiger partial charge on any atom is 0.240 e. The minimum Gasteiger partial charge on any atom is -0.491 e. The van der Waals surface area contributed by atoms with Crippen LogP contribution >= 0.6 is 24.0 Å². The number of aliphatic imine (C=N–C) groups is 1. The number of nitrogens with zero attached hydrogens (tertiary/aromatic N) is 2. The van der Waals surface area contributed by atoms with Crippen LogP contribution in [0.15, 0.2) is 58.4 Å². The molecule has 0 atom stereocenters. The van der Waals surface area contributed by atoms with E-state index in [-0.39, 0.29) is 35.4 Å². The molecule has 32 heavy (non-hydrogen) atoms. The van der Waals surface area contributed by atoms with Gasteiger partial charge in [0.05, 0.1) is 18.0 Å². The van der Waals surface area contributed by atoms with E-state index in [1.54, 1.807) is 25.2 Å². The third kappa shape index (κ3) is 8.93. The standard InChI is InChI=1S/C22H32N4O4S.HI/c1-18-8-5-6-11-21(18)30-15-13-26(3)22(23-2)24-17-19-9-7-10-20(16-19)31(27,28)25-12-14-29-4;/h5-11,16,25H,12-15,17H2,1-4H3,(H,23,24);1H. The van der Waals surface area contributed by atoms with Crippen LogP contribution in [0.5, 0.6) is 5.75 Å². The third-order valence-electron chi connectivity index (χ3n) is 4.61. The lowest BCUT2D eigenvalue weighted by molar-refractivity contribution is 0.204. The van der Waals surface area contributed by atoms with E-state index in [2.05, 4.69) is 15.0 Å². The van der Waals surface area contributed by atoms with Crippen molar-refractivity contribution in [2.45, 2.75) is 18.4 Å². The minimum atomic E-state index is -3.57. The van der Waals surface area contributed by atoms with Crippen LogP contribution < -0.4 is 14.8 Å². The number of guanidine groups is 1. The molecule has 10 heteroatoms. The minimum absolute atomic E-state index is 0. The zero-order valence-corrected chi connectivity index (χ0v) is 22.1. The first-order valence-corrected chi connectivity index (χ1v) is 11.5. The van der Waals surface area contributed by atoms with E-state index in [1.165, 1.54) is 7.11 Å². The molecule has 0 spiro atoms. The van der Waals surface area contributed by atoms with E-state index < -0.39 is 10.0 Å². The monoisotopic (exact) mass is 576 g/mol. The van der Waals surface area contributed by atoms with Gasteiger partial charge in [-0.25, -0.2) is 13.1 Å². The summed E-state index contributed by atoms with van der Waals surface area (Å²) in [6.45, 7) is 4.16. The van der Waals surface area contributed by atoms with E-state index >= 15 is 0 Å². The summed E-state index contributed by atoms with van der Waals surface area (Å²) >= 11 is 0. The molecule has 0 aliphatic rings. The number of ether oxygens (including phenoxy) is 2. The summed E-state index contributed by atoms with van der Waals surface area (Å²) in [6.07, 6.45) is 0. The van der Waals surface area contributed by atoms with Crippen LogP contribution in [0.25, 0.3) is 0 Å². The second-order valence-corrected chi connectivity index (χ2v) is 8.74. The number of rotatable bonds is 11. The predicted molar refractivity (Wildman–Crippen MR) is 138 cm³/mol. The fourth-order valence-electron chi connectivity index (χ4n) is 2.87.